The molecule has 1 fully saturated rings. The molecule has 0 saturated carbocycles. The van der Waals surface area contributed by atoms with E-state index in [-0.39, 0.29) is 5.41 Å². The van der Waals surface area contributed by atoms with Crippen LogP contribution in [0, 0.1) is 5.92 Å². The average molecular weight is 393 g/mol. The number of rotatable bonds is 3. The van der Waals surface area contributed by atoms with Crippen molar-refractivity contribution in [3.05, 3.63) is 77.0 Å². The number of aromatic hydroxyl groups is 1. The van der Waals surface area contributed by atoms with Crippen LogP contribution in [-0.4, -0.2) is 34.6 Å². The fraction of sp³-hybridized carbons (Fsp3) is 0.333. The summed E-state index contributed by atoms with van der Waals surface area (Å²) in [5, 5.41) is 12.2. The van der Waals surface area contributed by atoms with Gasteiger partial charge < -0.3 is 10.1 Å². The van der Waals surface area contributed by atoms with E-state index in [4.69, 9.17) is 11.6 Å². The molecule has 1 unspecified atom stereocenters. The number of benzene rings is 2. The average Bonchev–Trinajstić information content (AvgIpc) is 3.04. The van der Waals surface area contributed by atoms with Gasteiger partial charge in [-0.05, 0) is 67.1 Å². The largest absolute Gasteiger partial charge is 0.508 e. The summed E-state index contributed by atoms with van der Waals surface area (Å²) >= 11 is 6.58. The number of phenols is 1. The molecular formula is C24H25ClN2O. The van der Waals surface area contributed by atoms with E-state index in [0.29, 0.717) is 11.7 Å². The van der Waals surface area contributed by atoms with Gasteiger partial charge in [-0.1, -0.05) is 35.9 Å². The number of nitrogens with one attached hydrogen (secondary N) is 1. The van der Waals surface area contributed by atoms with Crippen molar-refractivity contribution in [1.29, 1.82) is 0 Å². The Morgan fingerprint density at radius 3 is 2.96 bits per heavy atom. The first-order valence-corrected chi connectivity index (χ1v) is 10.4. The number of phenolic OH excluding ortho intramolecular Hbond substituents is 1. The molecule has 0 bridgehead atoms. The SMILES string of the molecule is C=CCN1CC[C@]2(c3cccc(O)c3)Cc3[nH]c4cccc(Cl)c4c3CC2C1. The van der Waals surface area contributed by atoms with E-state index in [1.807, 2.05) is 30.3 Å². The molecular weight excluding hydrogens is 368 g/mol. The van der Waals surface area contributed by atoms with Crippen LogP contribution in [0.25, 0.3) is 10.9 Å². The van der Waals surface area contributed by atoms with Crippen molar-refractivity contribution in [2.24, 2.45) is 5.92 Å². The molecule has 1 aromatic heterocycles. The maximum Gasteiger partial charge on any atom is 0.115 e. The van der Waals surface area contributed by atoms with Crippen molar-refractivity contribution in [2.45, 2.75) is 24.7 Å². The Balaban J connectivity index is 1.65. The molecule has 28 heavy (non-hydrogen) atoms. The summed E-state index contributed by atoms with van der Waals surface area (Å²) in [7, 11) is 0. The third-order valence-corrected chi connectivity index (χ3v) is 7.17. The van der Waals surface area contributed by atoms with Gasteiger partial charge in [0.25, 0.3) is 0 Å². The molecule has 1 aliphatic heterocycles. The number of piperidine rings is 1. The second-order valence-electron chi connectivity index (χ2n) is 8.33. The number of aromatic nitrogens is 1. The van der Waals surface area contributed by atoms with Crippen LogP contribution in [0.15, 0.2) is 55.1 Å². The first-order chi connectivity index (χ1) is 13.6. The zero-order valence-corrected chi connectivity index (χ0v) is 16.7. The molecule has 0 spiro atoms. The number of nitrogens with zero attached hydrogens (tertiary/aromatic N) is 1. The van der Waals surface area contributed by atoms with E-state index in [2.05, 4.69) is 28.6 Å². The molecule has 0 radical (unpaired) electrons. The van der Waals surface area contributed by atoms with Crippen molar-refractivity contribution >= 4 is 22.5 Å². The molecule has 3 aromatic rings. The van der Waals surface area contributed by atoms with Crippen LogP contribution in [0.3, 0.4) is 0 Å². The molecule has 2 aromatic carbocycles. The van der Waals surface area contributed by atoms with Crippen LogP contribution in [0.2, 0.25) is 5.02 Å². The molecule has 2 heterocycles. The third kappa shape index (κ3) is 2.68. The number of aromatic amines is 1. The summed E-state index contributed by atoms with van der Waals surface area (Å²) in [5.74, 6) is 0.829. The maximum absolute atomic E-state index is 10.2. The van der Waals surface area contributed by atoms with Crippen molar-refractivity contribution in [2.75, 3.05) is 19.6 Å². The highest BCUT2D eigenvalue weighted by atomic mass is 35.5. The third-order valence-electron chi connectivity index (χ3n) is 6.85. The van der Waals surface area contributed by atoms with E-state index in [9.17, 15) is 5.11 Å². The first kappa shape index (κ1) is 17.8. The lowest BCUT2D eigenvalue weighted by Crippen LogP contribution is -2.53. The molecule has 1 saturated heterocycles. The quantitative estimate of drug-likeness (QED) is 0.610. The number of hydrogen-bond acceptors (Lipinski definition) is 2. The Kier molecular flexibility index (Phi) is 4.26. The molecule has 144 valence electrons. The fourth-order valence-corrected chi connectivity index (χ4v) is 5.83. The number of hydrogen-bond donors (Lipinski definition) is 2. The summed E-state index contributed by atoms with van der Waals surface area (Å²) in [4.78, 5) is 6.16. The van der Waals surface area contributed by atoms with E-state index in [1.165, 1.54) is 22.2 Å². The minimum Gasteiger partial charge on any atom is -0.508 e. The van der Waals surface area contributed by atoms with Crippen LogP contribution in [0.5, 0.6) is 5.75 Å². The highest BCUT2D eigenvalue weighted by molar-refractivity contribution is 6.35. The normalized spacial score (nSPS) is 24.7. The molecule has 2 atom stereocenters. The minimum absolute atomic E-state index is 0.0385. The van der Waals surface area contributed by atoms with Gasteiger partial charge in [-0.25, -0.2) is 0 Å². The lowest BCUT2D eigenvalue weighted by atomic mass is 9.58. The smallest absolute Gasteiger partial charge is 0.115 e. The van der Waals surface area contributed by atoms with Crippen LogP contribution < -0.4 is 0 Å². The summed E-state index contributed by atoms with van der Waals surface area (Å²) in [6, 6.07) is 14.0. The van der Waals surface area contributed by atoms with Gasteiger partial charge in [0.15, 0.2) is 0 Å². The van der Waals surface area contributed by atoms with Gasteiger partial charge in [0.05, 0.1) is 5.02 Å². The van der Waals surface area contributed by atoms with E-state index in [0.717, 1.165) is 49.4 Å². The van der Waals surface area contributed by atoms with Crippen LogP contribution in [-0.2, 0) is 18.3 Å². The van der Waals surface area contributed by atoms with Gasteiger partial charge in [-0.3, -0.25) is 4.90 Å². The number of likely N-dealkylation sites (tertiary alicyclic amines) is 1. The highest BCUT2D eigenvalue weighted by Gasteiger charge is 2.48. The van der Waals surface area contributed by atoms with E-state index in [1.54, 1.807) is 6.07 Å². The van der Waals surface area contributed by atoms with Crippen LogP contribution >= 0.6 is 11.6 Å². The molecule has 3 nitrogen and oxygen atoms in total. The van der Waals surface area contributed by atoms with Gasteiger partial charge >= 0.3 is 0 Å². The second kappa shape index (κ2) is 6.68. The first-order valence-electron chi connectivity index (χ1n) is 10.0. The van der Waals surface area contributed by atoms with Crippen molar-refractivity contribution in [3.8, 4) is 5.75 Å². The Bertz CT molecular complexity index is 1060. The maximum atomic E-state index is 10.2. The highest BCUT2D eigenvalue weighted by Crippen LogP contribution is 2.50. The van der Waals surface area contributed by atoms with Crippen molar-refractivity contribution < 1.29 is 5.11 Å². The zero-order valence-electron chi connectivity index (χ0n) is 15.9. The van der Waals surface area contributed by atoms with Gasteiger partial charge in [0.2, 0.25) is 0 Å². The molecule has 0 amide bonds. The van der Waals surface area contributed by atoms with E-state index >= 15 is 0 Å². The zero-order chi connectivity index (χ0) is 19.3. The summed E-state index contributed by atoms with van der Waals surface area (Å²) in [6.07, 6.45) is 5.04. The topological polar surface area (TPSA) is 39.3 Å². The number of fused-ring (bicyclic) bond motifs is 4. The molecule has 5 rings (SSSR count). The van der Waals surface area contributed by atoms with Crippen LogP contribution in [0.4, 0.5) is 0 Å². The predicted molar refractivity (Wildman–Crippen MR) is 115 cm³/mol. The lowest BCUT2D eigenvalue weighted by Gasteiger charge is -2.51. The monoisotopic (exact) mass is 392 g/mol. The Labute approximate surface area is 170 Å². The Hall–Kier alpha value is -2.23. The predicted octanol–water partition coefficient (Wildman–Crippen LogP) is 5.07. The second-order valence-corrected chi connectivity index (χ2v) is 8.73. The van der Waals surface area contributed by atoms with E-state index < -0.39 is 0 Å². The van der Waals surface area contributed by atoms with Gasteiger partial charge in [0, 0.05) is 35.1 Å². The van der Waals surface area contributed by atoms with Gasteiger partial charge in [0.1, 0.15) is 5.75 Å². The standard InChI is InChI=1S/C24H25ClN2O/c1-2-10-27-11-9-24(16-5-3-6-18(28)12-16)14-22-19(13-17(24)15-27)23-20(25)7-4-8-21(23)26-22/h2-8,12,17,26,28H,1,9-11,13-15H2/t17?,24-/m1/s1. The molecule has 2 N–H and O–H groups in total. The van der Waals surface area contributed by atoms with Crippen molar-refractivity contribution in [1.82, 2.24) is 9.88 Å². The van der Waals surface area contributed by atoms with Crippen molar-refractivity contribution in [3.63, 3.8) is 0 Å². The summed E-state index contributed by atoms with van der Waals surface area (Å²) in [5.41, 5.74) is 5.11. The minimum atomic E-state index is 0.0385. The molecule has 1 aliphatic carbocycles. The summed E-state index contributed by atoms with van der Waals surface area (Å²) in [6.45, 7) is 6.94. The van der Waals surface area contributed by atoms with Gasteiger partial charge in [-0.2, -0.15) is 0 Å². The van der Waals surface area contributed by atoms with Gasteiger partial charge in [-0.15, -0.1) is 6.58 Å². The lowest BCUT2D eigenvalue weighted by molar-refractivity contribution is 0.0896. The fourth-order valence-electron chi connectivity index (χ4n) is 5.54. The molecule has 2 aliphatic rings. The Morgan fingerprint density at radius 2 is 2.14 bits per heavy atom. The van der Waals surface area contributed by atoms with Crippen LogP contribution in [0.1, 0.15) is 23.2 Å². The Morgan fingerprint density at radius 1 is 1.29 bits per heavy atom. The molecule has 4 heteroatoms. The summed E-state index contributed by atoms with van der Waals surface area (Å²) < 4.78 is 0. The number of H-pyrrole nitrogens is 1. The number of halogens is 1.